The van der Waals surface area contributed by atoms with Crippen molar-refractivity contribution in [2.24, 2.45) is 0 Å². The van der Waals surface area contributed by atoms with Crippen molar-refractivity contribution in [2.75, 3.05) is 11.1 Å². The van der Waals surface area contributed by atoms with E-state index in [-0.39, 0.29) is 11.7 Å². The Morgan fingerprint density at radius 1 is 1.06 bits per heavy atom. The van der Waals surface area contributed by atoms with E-state index in [0.29, 0.717) is 5.82 Å². The molecule has 1 aromatic carbocycles. The fourth-order valence-corrected chi connectivity index (χ4v) is 4.08. The summed E-state index contributed by atoms with van der Waals surface area (Å²) in [5, 5.41) is 16.9. The van der Waals surface area contributed by atoms with E-state index in [2.05, 4.69) is 32.5 Å². The van der Waals surface area contributed by atoms with Crippen molar-refractivity contribution in [2.45, 2.75) is 38.9 Å². The number of carbonyl (C=O) groups is 1. The van der Waals surface area contributed by atoms with Crippen molar-refractivity contribution in [1.29, 1.82) is 0 Å². The van der Waals surface area contributed by atoms with Crippen LogP contribution in [0.3, 0.4) is 0 Å². The number of pyridine rings is 1. The maximum atomic E-state index is 12.7. The van der Waals surface area contributed by atoms with Crippen LogP contribution in [0, 0.1) is 13.8 Å². The van der Waals surface area contributed by atoms with E-state index in [1.165, 1.54) is 17.3 Å². The molecule has 0 unspecified atom stereocenters. The Bertz CT molecular complexity index is 1200. The fourth-order valence-electron chi connectivity index (χ4n) is 3.32. The van der Waals surface area contributed by atoms with E-state index in [1.54, 1.807) is 17.1 Å². The van der Waals surface area contributed by atoms with Crippen molar-refractivity contribution in [3.63, 3.8) is 0 Å². The van der Waals surface area contributed by atoms with Crippen molar-refractivity contribution in [1.82, 2.24) is 29.5 Å². The van der Waals surface area contributed by atoms with Crippen LogP contribution in [0.1, 0.15) is 24.6 Å². The molecule has 8 nitrogen and oxygen atoms in total. The van der Waals surface area contributed by atoms with Gasteiger partial charge in [0.2, 0.25) is 5.91 Å². The van der Waals surface area contributed by atoms with Crippen molar-refractivity contribution in [3.05, 3.63) is 66.1 Å². The Labute approximate surface area is 191 Å². The summed E-state index contributed by atoms with van der Waals surface area (Å²) in [4.78, 5) is 16.8. The molecule has 164 valence electrons. The number of anilines is 1. The standard InChI is InChI=1S/C23H25N7OS/c1-4-13-29-22(18-9-11-24-12-10-18)26-27-23(29)32-15-21(31)25-20-14-17(3)28-30(20)19-7-5-16(2)6-8-19/h5-12,14H,4,13,15H2,1-3H3,(H,25,31). The van der Waals surface area contributed by atoms with Crippen LogP contribution >= 0.6 is 11.8 Å². The van der Waals surface area contributed by atoms with Gasteiger partial charge in [0.25, 0.3) is 0 Å². The molecule has 0 spiro atoms. The maximum absolute atomic E-state index is 12.7. The topological polar surface area (TPSA) is 90.5 Å². The second-order valence-electron chi connectivity index (χ2n) is 7.45. The molecular formula is C23H25N7OS. The highest BCUT2D eigenvalue weighted by atomic mass is 32.2. The Balaban J connectivity index is 1.47. The Hall–Kier alpha value is -3.46. The SMILES string of the molecule is CCCn1c(SCC(=O)Nc2cc(C)nn2-c2ccc(C)cc2)nnc1-c1ccncc1. The first-order valence-corrected chi connectivity index (χ1v) is 11.4. The Morgan fingerprint density at radius 3 is 2.53 bits per heavy atom. The smallest absolute Gasteiger partial charge is 0.236 e. The van der Waals surface area contributed by atoms with E-state index in [4.69, 9.17) is 0 Å². The zero-order valence-electron chi connectivity index (χ0n) is 18.3. The first-order chi connectivity index (χ1) is 15.5. The molecule has 0 bridgehead atoms. The van der Waals surface area contributed by atoms with Crippen molar-refractivity contribution < 1.29 is 4.79 Å². The third-order valence-corrected chi connectivity index (χ3v) is 5.78. The highest BCUT2D eigenvalue weighted by Gasteiger charge is 2.16. The van der Waals surface area contributed by atoms with Crippen LogP contribution in [0.5, 0.6) is 0 Å². The van der Waals surface area contributed by atoms with Gasteiger partial charge in [0.1, 0.15) is 5.82 Å². The average Bonchev–Trinajstić information content (AvgIpc) is 3.36. The number of nitrogens with one attached hydrogen (secondary N) is 1. The molecule has 4 rings (SSSR count). The molecule has 1 amide bonds. The number of hydrogen-bond acceptors (Lipinski definition) is 6. The fraction of sp³-hybridized carbons (Fsp3) is 0.261. The van der Waals surface area contributed by atoms with E-state index in [0.717, 1.165) is 40.9 Å². The summed E-state index contributed by atoms with van der Waals surface area (Å²) in [6.45, 7) is 6.82. The van der Waals surface area contributed by atoms with Gasteiger partial charge in [-0.3, -0.25) is 9.78 Å². The van der Waals surface area contributed by atoms with Crippen LogP contribution in [-0.4, -0.2) is 41.2 Å². The zero-order valence-corrected chi connectivity index (χ0v) is 19.1. The predicted octanol–water partition coefficient (Wildman–Crippen LogP) is 4.28. The van der Waals surface area contributed by atoms with Gasteiger partial charge in [0.15, 0.2) is 11.0 Å². The molecule has 0 saturated heterocycles. The van der Waals surface area contributed by atoms with Gasteiger partial charge >= 0.3 is 0 Å². The first kappa shape index (κ1) is 21.8. The number of nitrogens with zero attached hydrogens (tertiary/aromatic N) is 6. The van der Waals surface area contributed by atoms with Gasteiger partial charge in [-0.2, -0.15) is 5.10 Å². The van der Waals surface area contributed by atoms with E-state index >= 15 is 0 Å². The molecule has 0 aliphatic heterocycles. The minimum absolute atomic E-state index is 0.125. The van der Waals surface area contributed by atoms with Gasteiger partial charge in [-0.05, 0) is 44.5 Å². The lowest BCUT2D eigenvalue weighted by Gasteiger charge is -2.10. The average molecular weight is 448 g/mol. The second-order valence-corrected chi connectivity index (χ2v) is 8.39. The predicted molar refractivity (Wildman–Crippen MR) is 126 cm³/mol. The summed E-state index contributed by atoms with van der Waals surface area (Å²) in [6.07, 6.45) is 4.41. The van der Waals surface area contributed by atoms with Crippen LogP contribution in [0.25, 0.3) is 17.1 Å². The molecule has 4 aromatic rings. The highest BCUT2D eigenvalue weighted by Crippen LogP contribution is 2.24. The van der Waals surface area contributed by atoms with Gasteiger partial charge in [-0.25, -0.2) is 4.68 Å². The van der Waals surface area contributed by atoms with Gasteiger partial charge in [-0.1, -0.05) is 36.4 Å². The lowest BCUT2D eigenvalue weighted by atomic mass is 10.2. The van der Waals surface area contributed by atoms with Crippen molar-refractivity contribution in [3.8, 4) is 17.1 Å². The molecule has 0 atom stereocenters. The van der Waals surface area contributed by atoms with Crippen LogP contribution in [0.4, 0.5) is 5.82 Å². The Morgan fingerprint density at radius 2 is 1.81 bits per heavy atom. The summed E-state index contributed by atoms with van der Waals surface area (Å²) < 4.78 is 3.80. The van der Waals surface area contributed by atoms with E-state index in [1.807, 2.05) is 60.9 Å². The summed E-state index contributed by atoms with van der Waals surface area (Å²) in [6, 6.07) is 13.7. The summed E-state index contributed by atoms with van der Waals surface area (Å²) >= 11 is 1.37. The third kappa shape index (κ3) is 4.88. The number of hydrogen-bond donors (Lipinski definition) is 1. The van der Waals surface area contributed by atoms with Crippen LogP contribution in [0.2, 0.25) is 0 Å². The number of aromatic nitrogens is 6. The van der Waals surface area contributed by atoms with Crippen LogP contribution in [-0.2, 0) is 11.3 Å². The van der Waals surface area contributed by atoms with Gasteiger partial charge in [0, 0.05) is 30.6 Å². The quantitative estimate of drug-likeness (QED) is 0.405. The number of thioether (sulfide) groups is 1. The van der Waals surface area contributed by atoms with Gasteiger partial charge in [-0.15, -0.1) is 10.2 Å². The first-order valence-electron chi connectivity index (χ1n) is 10.4. The lowest BCUT2D eigenvalue weighted by molar-refractivity contribution is -0.113. The monoisotopic (exact) mass is 447 g/mol. The summed E-state index contributed by atoms with van der Waals surface area (Å²) in [5.41, 5.74) is 3.85. The molecule has 0 saturated carbocycles. The zero-order chi connectivity index (χ0) is 22.5. The largest absolute Gasteiger partial charge is 0.310 e. The molecule has 0 radical (unpaired) electrons. The molecule has 0 aliphatic rings. The summed E-state index contributed by atoms with van der Waals surface area (Å²) in [7, 11) is 0. The number of carbonyl (C=O) groups excluding carboxylic acids is 1. The minimum atomic E-state index is -0.125. The molecule has 0 fully saturated rings. The minimum Gasteiger partial charge on any atom is -0.310 e. The normalized spacial score (nSPS) is 11.0. The van der Waals surface area contributed by atoms with Crippen LogP contribution < -0.4 is 5.32 Å². The van der Waals surface area contributed by atoms with E-state index in [9.17, 15) is 4.79 Å². The van der Waals surface area contributed by atoms with Gasteiger partial charge < -0.3 is 9.88 Å². The maximum Gasteiger partial charge on any atom is 0.236 e. The Kier molecular flexibility index (Phi) is 6.65. The van der Waals surface area contributed by atoms with E-state index < -0.39 is 0 Å². The number of aryl methyl sites for hydroxylation is 2. The molecule has 1 N–H and O–H groups in total. The molecule has 3 aromatic heterocycles. The number of amides is 1. The van der Waals surface area contributed by atoms with Crippen molar-refractivity contribution >= 4 is 23.5 Å². The lowest BCUT2D eigenvalue weighted by Crippen LogP contribution is -2.17. The molecule has 9 heteroatoms. The molecule has 0 aliphatic carbocycles. The van der Waals surface area contributed by atoms with Gasteiger partial charge in [0.05, 0.1) is 17.1 Å². The molecule has 3 heterocycles. The molecule has 32 heavy (non-hydrogen) atoms. The number of benzene rings is 1. The second kappa shape index (κ2) is 9.78. The third-order valence-electron chi connectivity index (χ3n) is 4.81. The number of rotatable bonds is 8. The highest BCUT2D eigenvalue weighted by molar-refractivity contribution is 7.99. The molecular weight excluding hydrogens is 422 g/mol. The summed E-state index contributed by atoms with van der Waals surface area (Å²) in [5.74, 6) is 1.52. The van der Waals surface area contributed by atoms with Crippen LogP contribution in [0.15, 0.2) is 60.0 Å².